The van der Waals surface area contributed by atoms with Crippen LogP contribution in [0.3, 0.4) is 0 Å². The van der Waals surface area contributed by atoms with Crippen LogP contribution in [0.15, 0.2) is 77.9 Å². The highest BCUT2D eigenvalue weighted by molar-refractivity contribution is 8.16. The fourth-order valence-corrected chi connectivity index (χ4v) is 3.61. The van der Waals surface area contributed by atoms with Gasteiger partial charge in [0.2, 0.25) is 0 Å². The van der Waals surface area contributed by atoms with Crippen molar-refractivity contribution in [2.75, 3.05) is 5.01 Å². The number of hydrogen-bond acceptors (Lipinski definition) is 4. The Morgan fingerprint density at radius 3 is 2.67 bits per heavy atom. The molecule has 0 fully saturated rings. The third-order valence-electron chi connectivity index (χ3n) is 4.21. The van der Waals surface area contributed by atoms with Crippen LogP contribution in [-0.2, 0) is 6.61 Å². The summed E-state index contributed by atoms with van der Waals surface area (Å²) < 4.78 is 5.93. The first kappa shape index (κ1) is 18.0. The Kier molecular flexibility index (Phi) is 5.37. The number of rotatable bonds is 5. The lowest BCUT2D eigenvalue weighted by atomic mass is 10.2. The maximum atomic E-state index is 6.24. The molecular weight excluding hydrogens is 376 g/mol. The highest BCUT2D eigenvalue weighted by Crippen LogP contribution is 2.33. The lowest BCUT2D eigenvalue weighted by Gasteiger charge is -2.12. The van der Waals surface area contributed by atoms with Crippen molar-refractivity contribution in [2.45, 2.75) is 13.5 Å². The summed E-state index contributed by atoms with van der Waals surface area (Å²) in [6, 6.07) is 24.1. The SMILES string of the molecule is Cc1ccc(N2[CH]SC(c3cccc(OCc4ccccc4)c3)=N2)cc1Cl. The molecule has 4 rings (SSSR count). The molecule has 1 aliphatic rings. The summed E-state index contributed by atoms with van der Waals surface area (Å²) in [7, 11) is 0. The second-order valence-electron chi connectivity index (χ2n) is 6.21. The minimum absolute atomic E-state index is 0.546. The van der Waals surface area contributed by atoms with E-state index >= 15 is 0 Å². The van der Waals surface area contributed by atoms with Crippen molar-refractivity contribution in [2.24, 2.45) is 5.10 Å². The number of nitrogens with zero attached hydrogens (tertiary/aromatic N) is 2. The second-order valence-corrected chi connectivity index (χ2v) is 7.45. The van der Waals surface area contributed by atoms with Crippen molar-refractivity contribution in [1.82, 2.24) is 0 Å². The fourth-order valence-electron chi connectivity index (χ4n) is 2.67. The number of hydrogen-bond donors (Lipinski definition) is 0. The van der Waals surface area contributed by atoms with Crippen LogP contribution in [-0.4, -0.2) is 5.04 Å². The van der Waals surface area contributed by atoms with E-state index in [1.54, 1.807) is 11.8 Å². The third kappa shape index (κ3) is 4.29. The molecule has 3 aromatic rings. The van der Waals surface area contributed by atoms with Gasteiger partial charge in [-0.05, 0) is 42.3 Å². The lowest BCUT2D eigenvalue weighted by Crippen LogP contribution is -2.06. The van der Waals surface area contributed by atoms with E-state index < -0.39 is 0 Å². The zero-order valence-electron chi connectivity index (χ0n) is 14.8. The van der Waals surface area contributed by atoms with Gasteiger partial charge >= 0.3 is 0 Å². The van der Waals surface area contributed by atoms with Crippen molar-refractivity contribution in [1.29, 1.82) is 0 Å². The molecule has 0 saturated heterocycles. The zero-order chi connectivity index (χ0) is 18.6. The number of hydrazone groups is 1. The van der Waals surface area contributed by atoms with Crippen molar-refractivity contribution in [3.8, 4) is 5.75 Å². The van der Waals surface area contributed by atoms with Crippen molar-refractivity contribution < 1.29 is 4.74 Å². The van der Waals surface area contributed by atoms with Crippen LogP contribution < -0.4 is 9.75 Å². The first-order valence-electron chi connectivity index (χ1n) is 8.60. The van der Waals surface area contributed by atoms with Gasteiger partial charge in [0, 0.05) is 10.6 Å². The molecule has 0 N–H and O–H groups in total. The Labute approximate surface area is 168 Å². The van der Waals surface area contributed by atoms with E-state index in [2.05, 4.69) is 12.1 Å². The average molecular weight is 394 g/mol. The molecule has 0 aromatic heterocycles. The molecule has 0 spiro atoms. The minimum atomic E-state index is 0.546. The van der Waals surface area contributed by atoms with Gasteiger partial charge in [-0.3, -0.25) is 0 Å². The first-order chi connectivity index (χ1) is 13.2. The molecule has 0 bridgehead atoms. The summed E-state index contributed by atoms with van der Waals surface area (Å²) in [5.41, 5.74) is 4.18. The molecule has 5 heteroatoms. The van der Waals surface area contributed by atoms with Gasteiger partial charge in [-0.25, -0.2) is 5.01 Å². The summed E-state index contributed by atoms with van der Waals surface area (Å²) in [6.45, 7) is 2.54. The van der Waals surface area contributed by atoms with Crippen LogP contribution in [0, 0.1) is 12.8 Å². The van der Waals surface area contributed by atoms with Crippen LogP contribution in [0.4, 0.5) is 5.69 Å². The van der Waals surface area contributed by atoms with E-state index in [4.69, 9.17) is 21.4 Å². The van der Waals surface area contributed by atoms with E-state index in [-0.39, 0.29) is 0 Å². The first-order valence-corrected chi connectivity index (χ1v) is 9.86. The Morgan fingerprint density at radius 2 is 1.85 bits per heavy atom. The summed E-state index contributed by atoms with van der Waals surface area (Å²) in [5.74, 6) is 2.81. The molecule has 0 unspecified atom stereocenters. The number of thioether (sulfide) groups is 1. The van der Waals surface area contributed by atoms with Gasteiger partial charge in [-0.2, -0.15) is 5.10 Å². The van der Waals surface area contributed by atoms with Crippen LogP contribution in [0.2, 0.25) is 5.02 Å². The molecule has 0 amide bonds. The topological polar surface area (TPSA) is 24.8 Å². The molecule has 1 radical (unpaired) electrons. The van der Waals surface area contributed by atoms with Crippen LogP contribution in [0.5, 0.6) is 5.75 Å². The predicted octanol–water partition coefficient (Wildman–Crippen LogP) is 6.26. The highest BCUT2D eigenvalue weighted by atomic mass is 35.5. The maximum Gasteiger partial charge on any atom is 0.136 e. The van der Waals surface area contributed by atoms with Gasteiger partial charge in [0.05, 0.1) is 5.69 Å². The summed E-state index contributed by atoms with van der Waals surface area (Å²) in [5, 5.41) is 8.22. The molecule has 1 aliphatic heterocycles. The predicted molar refractivity (Wildman–Crippen MR) is 114 cm³/mol. The Bertz CT molecular complexity index is 975. The second kappa shape index (κ2) is 8.07. The minimum Gasteiger partial charge on any atom is -0.489 e. The monoisotopic (exact) mass is 393 g/mol. The fraction of sp³-hybridized carbons (Fsp3) is 0.0909. The molecule has 0 saturated carbocycles. The molecule has 3 nitrogen and oxygen atoms in total. The van der Waals surface area contributed by atoms with Gasteiger partial charge in [-0.15, -0.1) is 0 Å². The smallest absolute Gasteiger partial charge is 0.136 e. The van der Waals surface area contributed by atoms with E-state index in [1.807, 2.05) is 78.5 Å². The maximum absolute atomic E-state index is 6.24. The standard InChI is InChI=1S/C22H18ClN2OS/c1-16-10-11-19(13-21(16)23)25-15-27-22(24-25)18-8-5-9-20(12-18)26-14-17-6-3-2-4-7-17/h2-13,15H,14H2,1H3. The number of halogens is 1. The number of benzene rings is 3. The van der Waals surface area contributed by atoms with Crippen LogP contribution in [0.25, 0.3) is 0 Å². The normalized spacial score (nSPS) is 13.6. The lowest BCUT2D eigenvalue weighted by molar-refractivity contribution is 0.306. The molecule has 0 atom stereocenters. The van der Waals surface area contributed by atoms with E-state index in [9.17, 15) is 0 Å². The highest BCUT2D eigenvalue weighted by Gasteiger charge is 2.19. The summed E-state index contributed by atoms with van der Waals surface area (Å²) in [4.78, 5) is 0. The van der Waals surface area contributed by atoms with Gasteiger partial charge in [0.15, 0.2) is 0 Å². The third-order valence-corrected chi connectivity index (χ3v) is 5.46. The van der Waals surface area contributed by atoms with E-state index in [0.29, 0.717) is 6.61 Å². The summed E-state index contributed by atoms with van der Waals surface area (Å²) >= 11 is 7.82. The van der Waals surface area contributed by atoms with Crippen LogP contribution >= 0.6 is 23.4 Å². The van der Waals surface area contributed by atoms with Gasteiger partial charge in [-0.1, -0.05) is 71.9 Å². The summed E-state index contributed by atoms with van der Waals surface area (Å²) in [6.07, 6.45) is 0. The quantitative estimate of drug-likeness (QED) is 0.511. The van der Waals surface area contributed by atoms with Gasteiger partial charge in [0.1, 0.15) is 23.3 Å². The van der Waals surface area contributed by atoms with Crippen molar-refractivity contribution in [3.63, 3.8) is 0 Å². The Balaban J connectivity index is 1.49. The zero-order valence-corrected chi connectivity index (χ0v) is 16.4. The molecule has 27 heavy (non-hydrogen) atoms. The molecule has 3 aromatic carbocycles. The average Bonchev–Trinajstić information content (AvgIpc) is 3.20. The molecular formula is C22H18ClN2OS. The van der Waals surface area contributed by atoms with Crippen LogP contribution in [0.1, 0.15) is 16.7 Å². The molecule has 1 heterocycles. The molecule has 0 aliphatic carbocycles. The number of anilines is 1. The number of aryl methyl sites for hydroxylation is 1. The van der Waals surface area contributed by atoms with Gasteiger partial charge < -0.3 is 4.74 Å². The van der Waals surface area contributed by atoms with E-state index in [1.165, 1.54) is 0 Å². The Morgan fingerprint density at radius 1 is 1.00 bits per heavy atom. The largest absolute Gasteiger partial charge is 0.489 e. The Hall–Kier alpha value is -2.43. The van der Waals surface area contributed by atoms with Crippen molar-refractivity contribution >= 4 is 34.1 Å². The molecule has 135 valence electrons. The van der Waals surface area contributed by atoms with Gasteiger partial charge in [0.25, 0.3) is 0 Å². The van der Waals surface area contributed by atoms with Crippen molar-refractivity contribution in [3.05, 3.63) is 100 Å². The van der Waals surface area contributed by atoms with E-state index in [0.717, 1.165) is 38.2 Å². The number of ether oxygens (including phenoxy) is 1.